The van der Waals surface area contributed by atoms with Gasteiger partial charge in [-0.25, -0.2) is 0 Å². The number of azo groups is 1. The number of hydrogen-bond donors (Lipinski definition) is 1. The number of rotatable bonds is 17. The van der Waals surface area contributed by atoms with E-state index in [-0.39, 0.29) is 5.69 Å². The number of benzene rings is 4. The second-order valence-corrected chi connectivity index (χ2v) is 13.1. The number of aryl methyl sites for hydroxylation is 2. The van der Waals surface area contributed by atoms with Crippen LogP contribution in [0.1, 0.15) is 90.9 Å². The van der Waals surface area contributed by atoms with Crippen LogP contribution in [0.2, 0.25) is 0 Å². The molecule has 0 radical (unpaired) electrons. The van der Waals surface area contributed by atoms with Crippen molar-refractivity contribution in [2.24, 2.45) is 10.2 Å². The van der Waals surface area contributed by atoms with Gasteiger partial charge in [0, 0.05) is 57.8 Å². The number of anilines is 1. The zero-order chi connectivity index (χ0) is 33.5. The Bertz CT molecular complexity index is 2050. The van der Waals surface area contributed by atoms with Crippen molar-refractivity contribution < 1.29 is 4.92 Å². The Labute approximate surface area is 282 Å². The predicted octanol–water partition coefficient (Wildman–Crippen LogP) is 12.5. The van der Waals surface area contributed by atoms with E-state index in [0.717, 1.165) is 80.9 Å². The first-order valence-corrected chi connectivity index (χ1v) is 17.9. The average Bonchev–Trinajstić information content (AvgIpc) is 3.62. The third-order valence-corrected chi connectivity index (χ3v) is 9.72. The number of hydrogen-bond acceptors (Lipinski definition) is 5. The third-order valence-electron chi connectivity index (χ3n) is 9.72. The maximum atomic E-state index is 11.3. The number of unbranched alkanes of at least 4 members (excludes halogenated alkanes) is 10. The number of fused-ring (bicyclic) bond motifs is 6. The van der Waals surface area contributed by atoms with Gasteiger partial charge in [-0.3, -0.25) is 10.1 Å². The van der Waals surface area contributed by atoms with Crippen LogP contribution in [0.5, 0.6) is 0 Å². The molecule has 6 rings (SSSR count). The fourth-order valence-corrected chi connectivity index (χ4v) is 7.29. The van der Waals surface area contributed by atoms with Crippen LogP contribution in [0.4, 0.5) is 22.7 Å². The van der Waals surface area contributed by atoms with E-state index in [4.69, 9.17) is 16.0 Å². The largest absolute Gasteiger partial charge is 0.396 e. The Morgan fingerprint density at radius 3 is 1.69 bits per heavy atom. The van der Waals surface area contributed by atoms with Crippen molar-refractivity contribution in [1.82, 2.24) is 9.13 Å². The Morgan fingerprint density at radius 1 is 0.625 bits per heavy atom. The van der Waals surface area contributed by atoms with Gasteiger partial charge >= 0.3 is 0 Å². The van der Waals surface area contributed by atoms with Crippen LogP contribution in [0.25, 0.3) is 43.6 Å². The number of nitrogens with zero attached hydrogens (tertiary/aromatic N) is 5. The zero-order valence-corrected chi connectivity index (χ0v) is 28.5. The van der Waals surface area contributed by atoms with E-state index in [1.165, 1.54) is 76.3 Å². The Hall–Kier alpha value is -4.72. The number of nitro groups is 1. The van der Waals surface area contributed by atoms with Crippen molar-refractivity contribution in [1.29, 1.82) is 0 Å². The quantitative estimate of drug-likeness (QED) is 0.0351. The SMILES string of the molecule is CCCCCCCCn1c2ccccc2c2c(N=Nc3ccc([N+](=O)[O-])cc3)c3c(c(N)c21)c1ccccc1n3CCCCCCCC. The summed E-state index contributed by atoms with van der Waals surface area (Å²) >= 11 is 0. The van der Waals surface area contributed by atoms with Crippen molar-refractivity contribution in [2.45, 2.75) is 104 Å². The molecule has 0 saturated carbocycles. The average molecular weight is 645 g/mol. The maximum Gasteiger partial charge on any atom is 0.269 e. The summed E-state index contributed by atoms with van der Waals surface area (Å²) < 4.78 is 4.81. The normalized spacial score (nSPS) is 12.0. The molecule has 0 atom stereocenters. The first kappa shape index (κ1) is 33.2. The first-order chi connectivity index (χ1) is 23.5. The van der Waals surface area contributed by atoms with Gasteiger partial charge in [-0.15, -0.1) is 5.11 Å². The summed E-state index contributed by atoms with van der Waals surface area (Å²) in [5.74, 6) is 0. The molecule has 4 aromatic carbocycles. The molecule has 0 aliphatic rings. The van der Waals surface area contributed by atoms with Crippen LogP contribution in [0, 0.1) is 10.1 Å². The van der Waals surface area contributed by atoms with E-state index in [9.17, 15) is 10.1 Å². The van der Waals surface area contributed by atoms with Gasteiger partial charge < -0.3 is 14.9 Å². The minimum Gasteiger partial charge on any atom is -0.396 e. The number of nitro benzene ring substituents is 1. The summed E-state index contributed by atoms with van der Waals surface area (Å²) in [6, 6.07) is 23.4. The number of para-hydroxylation sites is 2. The smallest absolute Gasteiger partial charge is 0.269 e. The molecule has 6 aromatic rings. The van der Waals surface area contributed by atoms with E-state index >= 15 is 0 Å². The highest BCUT2D eigenvalue weighted by molar-refractivity contribution is 6.30. The summed E-state index contributed by atoms with van der Waals surface area (Å²) in [5, 5.41) is 25.3. The predicted molar refractivity (Wildman–Crippen MR) is 201 cm³/mol. The summed E-state index contributed by atoms with van der Waals surface area (Å²) in [5.41, 5.74) is 13.8. The van der Waals surface area contributed by atoms with Crippen molar-refractivity contribution in [3.8, 4) is 0 Å². The monoisotopic (exact) mass is 644 g/mol. The molecule has 0 amide bonds. The molecule has 8 heteroatoms. The lowest BCUT2D eigenvalue weighted by atomic mass is 10.0. The van der Waals surface area contributed by atoms with E-state index in [2.05, 4.69) is 71.5 Å². The second-order valence-electron chi connectivity index (χ2n) is 13.1. The fourth-order valence-electron chi connectivity index (χ4n) is 7.29. The molecule has 250 valence electrons. The van der Waals surface area contributed by atoms with Gasteiger partial charge in [0.05, 0.1) is 27.3 Å². The molecule has 2 N–H and O–H groups in total. The lowest BCUT2D eigenvalue weighted by molar-refractivity contribution is -0.384. The molecule has 8 nitrogen and oxygen atoms in total. The highest BCUT2D eigenvalue weighted by Gasteiger charge is 2.25. The van der Waals surface area contributed by atoms with Crippen LogP contribution < -0.4 is 5.73 Å². The van der Waals surface area contributed by atoms with Crippen molar-refractivity contribution >= 4 is 66.4 Å². The fraction of sp³-hybridized carbons (Fsp3) is 0.400. The molecular formula is C40H48N6O2. The van der Waals surface area contributed by atoms with Gasteiger partial charge in [-0.2, -0.15) is 5.11 Å². The lowest BCUT2D eigenvalue weighted by Crippen LogP contribution is -2.02. The van der Waals surface area contributed by atoms with Crippen LogP contribution in [0.15, 0.2) is 83.0 Å². The van der Waals surface area contributed by atoms with Crippen molar-refractivity contribution in [3.05, 3.63) is 82.9 Å². The molecule has 2 aromatic heterocycles. The highest BCUT2D eigenvalue weighted by atomic mass is 16.6. The van der Waals surface area contributed by atoms with E-state index in [0.29, 0.717) is 5.69 Å². The summed E-state index contributed by atoms with van der Waals surface area (Å²) in [6.07, 6.45) is 14.5. The van der Waals surface area contributed by atoms with Gasteiger partial charge in [-0.05, 0) is 37.1 Å². The molecule has 0 bridgehead atoms. The Kier molecular flexibility index (Phi) is 10.7. The molecule has 0 unspecified atom stereocenters. The Balaban J connectivity index is 1.56. The third kappa shape index (κ3) is 6.66. The Morgan fingerprint density at radius 2 is 1.12 bits per heavy atom. The molecule has 0 aliphatic carbocycles. The summed E-state index contributed by atoms with van der Waals surface area (Å²) in [4.78, 5) is 10.9. The maximum absolute atomic E-state index is 11.3. The topological polar surface area (TPSA) is 104 Å². The number of nitrogens with two attached hydrogens (primary N) is 1. The van der Waals surface area contributed by atoms with E-state index in [1.54, 1.807) is 12.1 Å². The molecule has 2 heterocycles. The number of aromatic nitrogens is 2. The number of non-ortho nitro benzene ring substituents is 1. The minimum absolute atomic E-state index is 0.0306. The molecular weight excluding hydrogens is 596 g/mol. The van der Waals surface area contributed by atoms with E-state index in [1.807, 2.05) is 0 Å². The van der Waals surface area contributed by atoms with Crippen LogP contribution in [-0.2, 0) is 13.1 Å². The van der Waals surface area contributed by atoms with Gasteiger partial charge in [-0.1, -0.05) is 114 Å². The van der Waals surface area contributed by atoms with Gasteiger partial charge in [0.2, 0.25) is 0 Å². The lowest BCUT2D eigenvalue weighted by Gasteiger charge is -2.13. The highest BCUT2D eigenvalue weighted by Crippen LogP contribution is 2.49. The van der Waals surface area contributed by atoms with Crippen LogP contribution in [0.3, 0.4) is 0 Å². The first-order valence-electron chi connectivity index (χ1n) is 17.9. The molecule has 0 aliphatic heterocycles. The van der Waals surface area contributed by atoms with E-state index < -0.39 is 4.92 Å². The molecule has 0 spiro atoms. The van der Waals surface area contributed by atoms with Crippen molar-refractivity contribution in [2.75, 3.05) is 5.73 Å². The van der Waals surface area contributed by atoms with Gasteiger partial charge in [0.1, 0.15) is 5.69 Å². The summed E-state index contributed by atoms with van der Waals surface area (Å²) in [7, 11) is 0. The zero-order valence-electron chi connectivity index (χ0n) is 28.5. The second kappa shape index (κ2) is 15.5. The van der Waals surface area contributed by atoms with Crippen LogP contribution in [-0.4, -0.2) is 14.1 Å². The number of nitrogen functional groups attached to an aromatic ring is 1. The molecule has 0 saturated heterocycles. The van der Waals surface area contributed by atoms with Crippen LogP contribution >= 0.6 is 0 Å². The van der Waals surface area contributed by atoms with Gasteiger partial charge in [0.15, 0.2) is 0 Å². The minimum atomic E-state index is -0.396. The summed E-state index contributed by atoms with van der Waals surface area (Å²) in [6.45, 7) is 6.24. The standard InChI is InChI=1S/C40H48N6O2/c1-3-5-7-9-11-17-27-44-34-22-16-14-20-32(34)36-38(43-42-29-23-25-30(26-24-29)46(47)48)40-35(37(41)39(36)44)31-19-13-15-21-33(31)45(40)28-18-12-10-8-6-4-2/h13-16,19-26H,3-12,17-18,27-28,41H2,1-2H3. The van der Waals surface area contributed by atoms with Gasteiger partial charge in [0.25, 0.3) is 5.69 Å². The van der Waals surface area contributed by atoms with Crippen molar-refractivity contribution in [3.63, 3.8) is 0 Å². The molecule has 0 fully saturated rings. The molecule has 48 heavy (non-hydrogen) atoms.